The number of ether oxygens (including phenoxy) is 4. The van der Waals surface area contributed by atoms with Crippen LogP contribution in [0, 0.1) is 0 Å². The lowest BCUT2D eigenvalue weighted by molar-refractivity contribution is 0.354. The Morgan fingerprint density at radius 2 is 1.57 bits per heavy atom. The number of benzene rings is 2. The molecular weight excluding hydrogens is 376 g/mol. The summed E-state index contributed by atoms with van der Waals surface area (Å²) in [5.74, 6) is 3.00. The number of rotatable bonds is 9. The third-order valence-electron chi connectivity index (χ3n) is 4.40. The Balaban J connectivity index is 1.90. The first kappa shape index (κ1) is 21.6. The Hall–Kier alpha value is -2.67. The van der Waals surface area contributed by atoms with Crippen LogP contribution >= 0.6 is 12.2 Å². The van der Waals surface area contributed by atoms with Crippen LogP contribution in [-0.2, 0) is 6.42 Å². The standard InChI is InChI=1S/C21H28N2O4S/c1-14(17-13-16(24-2)7-9-18(17)25-3)23-21(28)22-11-10-15-6-8-19(26-4)20(12-15)27-5/h6-9,12-14H,10-11H2,1-5H3,(H2,22,23,28). The summed E-state index contributed by atoms with van der Waals surface area (Å²) in [6.45, 7) is 2.73. The molecule has 2 N–H and O–H groups in total. The van der Waals surface area contributed by atoms with Crippen molar-refractivity contribution in [2.45, 2.75) is 19.4 Å². The summed E-state index contributed by atoms with van der Waals surface area (Å²) in [5, 5.41) is 7.11. The normalized spacial score (nSPS) is 11.3. The topological polar surface area (TPSA) is 61.0 Å². The van der Waals surface area contributed by atoms with Crippen LogP contribution in [0.5, 0.6) is 23.0 Å². The monoisotopic (exact) mass is 404 g/mol. The van der Waals surface area contributed by atoms with E-state index in [4.69, 9.17) is 31.2 Å². The lowest BCUT2D eigenvalue weighted by Gasteiger charge is -2.20. The van der Waals surface area contributed by atoms with Gasteiger partial charge in [-0.3, -0.25) is 0 Å². The van der Waals surface area contributed by atoms with E-state index in [0.717, 1.165) is 40.5 Å². The van der Waals surface area contributed by atoms with Crippen LogP contribution < -0.4 is 29.6 Å². The smallest absolute Gasteiger partial charge is 0.166 e. The first-order valence-corrected chi connectivity index (χ1v) is 9.40. The average molecular weight is 405 g/mol. The molecule has 28 heavy (non-hydrogen) atoms. The van der Waals surface area contributed by atoms with E-state index in [0.29, 0.717) is 11.7 Å². The van der Waals surface area contributed by atoms with E-state index >= 15 is 0 Å². The minimum absolute atomic E-state index is 0.0360. The highest BCUT2D eigenvalue weighted by Crippen LogP contribution is 2.29. The van der Waals surface area contributed by atoms with Gasteiger partial charge in [-0.2, -0.15) is 0 Å². The van der Waals surface area contributed by atoms with Gasteiger partial charge in [-0.25, -0.2) is 0 Å². The molecule has 1 atom stereocenters. The number of hydrogen-bond acceptors (Lipinski definition) is 5. The number of thiocarbonyl (C=S) groups is 1. The molecule has 0 heterocycles. The lowest BCUT2D eigenvalue weighted by atomic mass is 10.1. The minimum Gasteiger partial charge on any atom is -0.497 e. The Kier molecular flexibility index (Phi) is 8.19. The van der Waals surface area contributed by atoms with Crippen LogP contribution in [0.1, 0.15) is 24.1 Å². The summed E-state index contributed by atoms with van der Waals surface area (Å²) in [4.78, 5) is 0. The zero-order valence-electron chi connectivity index (χ0n) is 17.0. The fourth-order valence-corrected chi connectivity index (χ4v) is 3.14. The van der Waals surface area contributed by atoms with Crippen LogP contribution in [0.2, 0.25) is 0 Å². The van der Waals surface area contributed by atoms with Crippen LogP contribution in [-0.4, -0.2) is 40.1 Å². The van der Waals surface area contributed by atoms with Gasteiger partial charge in [-0.15, -0.1) is 0 Å². The van der Waals surface area contributed by atoms with Gasteiger partial charge in [-0.1, -0.05) is 6.07 Å². The van der Waals surface area contributed by atoms with E-state index in [2.05, 4.69) is 10.6 Å². The van der Waals surface area contributed by atoms with Crippen molar-refractivity contribution in [1.29, 1.82) is 0 Å². The maximum atomic E-state index is 5.45. The predicted octanol–water partition coefficient (Wildman–Crippen LogP) is 3.49. The molecule has 6 nitrogen and oxygen atoms in total. The minimum atomic E-state index is -0.0360. The van der Waals surface area contributed by atoms with Gasteiger partial charge in [0.2, 0.25) is 0 Å². The number of hydrogen-bond donors (Lipinski definition) is 2. The third kappa shape index (κ3) is 5.66. The van der Waals surface area contributed by atoms with Gasteiger partial charge in [0.05, 0.1) is 34.5 Å². The van der Waals surface area contributed by atoms with E-state index in [9.17, 15) is 0 Å². The second-order valence-corrected chi connectivity index (χ2v) is 6.58. The van der Waals surface area contributed by atoms with E-state index in [1.165, 1.54) is 0 Å². The van der Waals surface area contributed by atoms with E-state index in [-0.39, 0.29) is 6.04 Å². The van der Waals surface area contributed by atoms with Crippen LogP contribution in [0.3, 0.4) is 0 Å². The highest BCUT2D eigenvalue weighted by molar-refractivity contribution is 7.80. The Morgan fingerprint density at radius 1 is 0.893 bits per heavy atom. The van der Waals surface area contributed by atoms with E-state index in [1.54, 1.807) is 28.4 Å². The molecule has 0 saturated carbocycles. The second-order valence-electron chi connectivity index (χ2n) is 6.17. The Labute approximate surface area is 172 Å². The van der Waals surface area contributed by atoms with Gasteiger partial charge in [0.25, 0.3) is 0 Å². The average Bonchev–Trinajstić information content (AvgIpc) is 2.72. The molecule has 0 aromatic heterocycles. The van der Waals surface area contributed by atoms with Crippen molar-refractivity contribution >= 4 is 17.3 Å². The molecule has 0 radical (unpaired) electrons. The van der Waals surface area contributed by atoms with Crippen molar-refractivity contribution < 1.29 is 18.9 Å². The third-order valence-corrected chi connectivity index (χ3v) is 4.66. The van der Waals surface area contributed by atoms with E-state index < -0.39 is 0 Å². The Bertz CT molecular complexity index is 798. The lowest BCUT2D eigenvalue weighted by Crippen LogP contribution is -2.37. The summed E-state index contributed by atoms with van der Waals surface area (Å²) in [6, 6.07) is 11.6. The van der Waals surface area contributed by atoms with Crippen LogP contribution in [0.15, 0.2) is 36.4 Å². The SMILES string of the molecule is COc1ccc(OC)c(C(C)NC(=S)NCCc2ccc(OC)c(OC)c2)c1. The summed E-state index contributed by atoms with van der Waals surface area (Å²) < 4.78 is 21.4. The highest BCUT2D eigenvalue weighted by atomic mass is 32.1. The molecular formula is C21H28N2O4S. The fraction of sp³-hybridized carbons (Fsp3) is 0.381. The zero-order valence-corrected chi connectivity index (χ0v) is 17.8. The van der Waals surface area contributed by atoms with Crippen LogP contribution in [0.4, 0.5) is 0 Å². The molecule has 2 rings (SSSR count). The van der Waals surface area contributed by atoms with Crippen molar-refractivity contribution in [3.8, 4) is 23.0 Å². The van der Waals surface area contributed by atoms with Crippen molar-refractivity contribution in [2.24, 2.45) is 0 Å². The largest absolute Gasteiger partial charge is 0.497 e. The Morgan fingerprint density at radius 3 is 2.21 bits per heavy atom. The molecule has 0 aliphatic carbocycles. The molecule has 2 aromatic carbocycles. The van der Waals surface area contributed by atoms with Crippen molar-refractivity contribution in [1.82, 2.24) is 10.6 Å². The summed E-state index contributed by atoms with van der Waals surface area (Å²) in [5.41, 5.74) is 2.11. The maximum Gasteiger partial charge on any atom is 0.166 e. The number of nitrogens with one attached hydrogen (secondary N) is 2. The number of methoxy groups -OCH3 is 4. The van der Waals surface area contributed by atoms with Crippen molar-refractivity contribution in [3.05, 3.63) is 47.5 Å². The molecule has 2 aromatic rings. The van der Waals surface area contributed by atoms with Crippen molar-refractivity contribution in [2.75, 3.05) is 35.0 Å². The maximum absolute atomic E-state index is 5.45. The first-order chi connectivity index (χ1) is 13.5. The van der Waals surface area contributed by atoms with Crippen LogP contribution in [0.25, 0.3) is 0 Å². The van der Waals surface area contributed by atoms with E-state index in [1.807, 2.05) is 43.3 Å². The molecule has 0 saturated heterocycles. The van der Waals surface area contributed by atoms with Gasteiger partial charge in [-0.05, 0) is 61.5 Å². The van der Waals surface area contributed by atoms with Crippen molar-refractivity contribution in [3.63, 3.8) is 0 Å². The quantitative estimate of drug-likeness (QED) is 0.621. The van der Waals surface area contributed by atoms with Gasteiger partial charge in [0.15, 0.2) is 16.6 Å². The zero-order chi connectivity index (χ0) is 20.5. The second kappa shape index (κ2) is 10.6. The molecule has 0 fully saturated rings. The molecule has 152 valence electrons. The summed E-state index contributed by atoms with van der Waals surface area (Å²) >= 11 is 5.44. The molecule has 0 aliphatic rings. The van der Waals surface area contributed by atoms with Gasteiger partial charge in [0, 0.05) is 12.1 Å². The van der Waals surface area contributed by atoms with Gasteiger partial charge in [0.1, 0.15) is 11.5 Å². The molecule has 1 unspecified atom stereocenters. The molecule has 0 aliphatic heterocycles. The predicted molar refractivity (Wildman–Crippen MR) is 115 cm³/mol. The highest BCUT2D eigenvalue weighted by Gasteiger charge is 2.14. The fourth-order valence-electron chi connectivity index (χ4n) is 2.86. The van der Waals surface area contributed by atoms with Gasteiger partial charge < -0.3 is 29.6 Å². The summed E-state index contributed by atoms with van der Waals surface area (Å²) in [7, 11) is 6.55. The summed E-state index contributed by atoms with van der Waals surface area (Å²) in [6.07, 6.45) is 0.805. The molecule has 0 amide bonds. The van der Waals surface area contributed by atoms with Gasteiger partial charge >= 0.3 is 0 Å². The molecule has 0 spiro atoms. The first-order valence-electron chi connectivity index (χ1n) is 8.99. The molecule has 7 heteroatoms. The molecule has 0 bridgehead atoms.